The molecule has 2 aromatic carbocycles. The molecule has 1 aliphatic rings. The summed E-state index contributed by atoms with van der Waals surface area (Å²) in [6.07, 6.45) is 6.47. The summed E-state index contributed by atoms with van der Waals surface area (Å²) in [4.78, 5) is 0. The van der Waals surface area contributed by atoms with Crippen molar-refractivity contribution in [3.8, 4) is 11.1 Å². The molecule has 0 radical (unpaired) electrons. The highest BCUT2D eigenvalue weighted by molar-refractivity contribution is 5.92. The zero-order chi connectivity index (χ0) is 17.2. The number of aryl methyl sites for hydroxylation is 2. The van der Waals surface area contributed by atoms with E-state index in [1.807, 2.05) is 0 Å². The van der Waals surface area contributed by atoms with Gasteiger partial charge in [0.25, 0.3) is 0 Å². The first-order chi connectivity index (χ1) is 12.3. The summed E-state index contributed by atoms with van der Waals surface area (Å²) >= 11 is 0. The summed E-state index contributed by atoms with van der Waals surface area (Å²) in [6, 6.07) is 19.8. The van der Waals surface area contributed by atoms with E-state index in [9.17, 15) is 0 Å². The molecule has 0 saturated heterocycles. The lowest BCUT2D eigenvalue weighted by molar-refractivity contribution is 0.495. The molecule has 0 fully saturated rings. The lowest BCUT2D eigenvalue weighted by atomic mass is 9.96. The number of rotatable bonds is 5. The molecule has 0 aliphatic heterocycles. The Morgan fingerprint density at radius 3 is 2.52 bits per heavy atom. The fourth-order valence-electron chi connectivity index (χ4n) is 3.63. The van der Waals surface area contributed by atoms with E-state index >= 15 is 0 Å². The zero-order valence-electron chi connectivity index (χ0n) is 15.0. The summed E-state index contributed by atoms with van der Waals surface area (Å²) in [5, 5.41) is 0. The van der Waals surface area contributed by atoms with Crippen LogP contribution in [-0.2, 0) is 19.3 Å². The minimum atomic E-state index is 0.954. The molecule has 1 nitrogen and oxygen atoms in total. The largest absolute Gasteiger partial charge is 0.461 e. The second-order valence-electron chi connectivity index (χ2n) is 6.79. The highest BCUT2D eigenvalue weighted by Crippen LogP contribution is 2.38. The molecule has 0 unspecified atom stereocenters. The molecule has 25 heavy (non-hydrogen) atoms. The van der Waals surface area contributed by atoms with Crippen molar-refractivity contribution in [2.24, 2.45) is 0 Å². The maximum atomic E-state index is 6.05. The molecule has 0 N–H and O–H groups in total. The molecular formula is C24H24O. The molecule has 0 saturated carbocycles. The predicted molar refractivity (Wildman–Crippen MR) is 106 cm³/mol. The van der Waals surface area contributed by atoms with Crippen molar-refractivity contribution < 1.29 is 4.42 Å². The van der Waals surface area contributed by atoms with Crippen molar-refractivity contribution in [2.75, 3.05) is 0 Å². The zero-order valence-corrected chi connectivity index (χ0v) is 15.0. The Morgan fingerprint density at radius 2 is 1.76 bits per heavy atom. The Labute approximate surface area is 150 Å². The maximum Gasteiger partial charge on any atom is 0.130 e. The first-order valence-corrected chi connectivity index (χ1v) is 9.29. The van der Waals surface area contributed by atoms with Gasteiger partial charge < -0.3 is 4.42 Å². The molecule has 1 aliphatic carbocycles. The Kier molecular flexibility index (Phi) is 4.31. The van der Waals surface area contributed by atoms with Crippen LogP contribution in [0.5, 0.6) is 0 Å². The van der Waals surface area contributed by atoms with Crippen LogP contribution in [0.3, 0.4) is 0 Å². The van der Waals surface area contributed by atoms with Gasteiger partial charge in [0, 0.05) is 12.8 Å². The van der Waals surface area contributed by atoms with Gasteiger partial charge in [0.05, 0.1) is 0 Å². The number of hydrogen-bond acceptors (Lipinski definition) is 1. The van der Waals surface area contributed by atoms with Gasteiger partial charge in [-0.1, -0.05) is 56.3 Å². The number of furan rings is 1. The molecule has 4 rings (SSSR count). The van der Waals surface area contributed by atoms with E-state index in [1.54, 1.807) is 0 Å². The van der Waals surface area contributed by atoms with Crippen LogP contribution >= 0.6 is 0 Å². The fourth-order valence-corrected chi connectivity index (χ4v) is 3.63. The summed E-state index contributed by atoms with van der Waals surface area (Å²) < 4.78 is 6.05. The molecular weight excluding hydrogens is 304 g/mol. The third-order valence-electron chi connectivity index (χ3n) is 5.04. The van der Waals surface area contributed by atoms with Crippen LogP contribution in [0.2, 0.25) is 0 Å². The molecule has 1 heteroatoms. The number of hydrogen-bond donors (Lipinski definition) is 0. The number of fused-ring (bicyclic) bond motifs is 1. The van der Waals surface area contributed by atoms with Crippen molar-refractivity contribution >= 4 is 11.6 Å². The van der Waals surface area contributed by atoms with Crippen LogP contribution in [0.4, 0.5) is 0 Å². The highest BCUT2D eigenvalue weighted by atomic mass is 16.3. The topological polar surface area (TPSA) is 13.1 Å². The average molecular weight is 328 g/mol. The van der Waals surface area contributed by atoms with E-state index in [1.165, 1.54) is 33.4 Å². The summed E-state index contributed by atoms with van der Waals surface area (Å²) in [7, 11) is 0. The third-order valence-corrected chi connectivity index (χ3v) is 5.04. The molecule has 0 atom stereocenters. The monoisotopic (exact) mass is 328 g/mol. The standard InChI is InChI=1S/C24H24O/c1-3-6-21-13-14-24(25-21)20-15-19-7-5-8-22(23(19)16-20)18-11-9-17(4-2)10-12-18/h5,7-14,16H,3-4,6,15H2,1-2H3. The normalized spacial score (nSPS) is 13.0. The van der Waals surface area contributed by atoms with Crippen molar-refractivity contribution in [2.45, 2.75) is 39.5 Å². The second-order valence-corrected chi connectivity index (χ2v) is 6.79. The van der Waals surface area contributed by atoms with E-state index < -0.39 is 0 Å². The number of benzene rings is 2. The minimum absolute atomic E-state index is 0.954. The summed E-state index contributed by atoms with van der Waals surface area (Å²) in [6.45, 7) is 4.38. The van der Waals surface area contributed by atoms with Crippen LogP contribution in [-0.4, -0.2) is 0 Å². The van der Waals surface area contributed by atoms with E-state index in [-0.39, 0.29) is 0 Å². The van der Waals surface area contributed by atoms with Gasteiger partial charge in [-0.2, -0.15) is 0 Å². The van der Waals surface area contributed by atoms with Crippen molar-refractivity contribution in [3.63, 3.8) is 0 Å². The van der Waals surface area contributed by atoms with Crippen LogP contribution in [0.1, 0.15) is 48.5 Å². The van der Waals surface area contributed by atoms with Gasteiger partial charge in [-0.3, -0.25) is 0 Å². The smallest absolute Gasteiger partial charge is 0.130 e. The van der Waals surface area contributed by atoms with Crippen molar-refractivity contribution in [3.05, 3.63) is 82.8 Å². The van der Waals surface area contributed by atoms with Crippen LogP contribution in [0.15, 0.2) is 59.0 Å². The van der Waals surface area contributed by atoms with Crippen molar-refractivity contribution in [1.29, 1.82) is 0 Å². The van der Waals surface area contributed by atoms with Gasteiger partial charge in [-0.05, 0) is 64.4 Å². The molecule has 0 spiro atoms. The Bertz CT molecular complexity index is 910. The predicted octanol–water partition coefficient (Wildman–Crippen LogP) is 6.56. The molecule has 0 bridgehead atoms. The summed E-state index contributed by atoms with van der Waals surface area (Å²) in [5.74, 6) is 2.11. The quantitative estimate of drug-likeness (QED) is 0.517. The first-order valence-electron chi connectivity index (χ1n) is 9.29. The van der Waals surface area contributed by atoms with Gasteiger partial charge in [0.15, 0.2) is 0 Å². The van der Waals surface area contributed by atoms with E-state index in [0.717, 1.165) is 37.2 Å². The van der Waals surface area contributed by atoms with Crippen LogP contribution in [0.25, 0.3) is 22.8 Å². The first kappa shape index (κ1) is 16.0. The van der Waals surface area contributed by atoms with Gasteiger partial charge in [-0.15, -0.1) is 0 Å². The molecule has 3 aromatic rings. The van der Waals surface area contributed by atoms with E-state index in [0.29, 0.717) is 0 Å². The average Bonchev–Trinajstić information content (AvgIpc) is 3.28. The lowest BCUT2D eigenvalue weighted by Crippen LogP contribution is -1.88. The third kappa shape index (κ3) is 3.07. The number of allylic oxidation sites excluding steroid dienone is 1. The van der Waals surface area contributed by atoms with Gasteiger partial charge in [0.2, 0.25) is 0 Å². The highest BCUT2D eigenvalue weighted by Gasteiger charge is 2.19. The van der Waals surface area contributed by atoms with Crippen molar-refractivity contribution in [1.82, 2.24) is 0 Å². The molecule has 1 aromatic heterocycles. The van der Waals surface area contributed by atoms with E-state index in [4.69, 9.17) is 4.42 Å². The van der Waals surface area contributed by atoms with Crippen LogP contribution < -0.4 is 0 Å². The maximum absolute atomic E-state index is 6.05. The Balaban J connectivity index is 1.70. The van der Waals surface area contributed by atoms with Gasteiger partial charge >= 0.3 is 0 Å². The second kappa shape index (κ2) is 6.76. The van der Waals surface area contributed by atoms with Gasteiger partial charge in [0.1, 0.15) is 11.5 Å². The fraction of sp³-hybridized carbons (Fsp3) is 0.250. The summed E-state index contributed by atoms with van der Waals surface area (Å²) in [5.41, 5.74) is 8.01. The van der Waals surface area contributed by atoms with Crippen LogP contribution in [0, 0.1) is 0 Å². The Hall–Kier alpha value is -2.54. The SMILES string of the molecule is CCCc1ccc(C2=Cc3c(cccc3-c3ccc(CC)cc3)C2)o1. The lowest BCUT2D eigenvalue weighted by Gasteiger charge is -2.08. The molecule has 1 heterocycles. The molecule has 126 valence electrons. The van der Waals surface area contributed by atoms with E-state index in [2.05, 4.69) is 74.5 Å². The minimum Gasteiger partial charge on any atom is -0.461 e. The Morgan fingerprint density at radius 1 is 0.920 bits per heavy atom. The molecule has 0 amide bonds. The van der Waals surface area contributed by atoms with Gasteiger partial charge in [-0.25, -0.2) is 0 Å².